The minimum absolute atomic E-state index is 0.209. The van der Waals surface area contributed by atoms with E-state index in [1.54, 1.807) is 6.20 Å². The van der Waals surface area contributed by atoms with Crippen LogP contribution in [0.4, 0.5) is 5.69 Å². The number of carbonyl (C=O) groups is 1. The van der Waals surface area contributed by atoms with Crippen molar-refractivity contribution in [1.82, 2.24) is 9.78 Å². The van der Waals surface area contributed by atoms with Gasteiger partial charge in [0.2, 0.25) is 5.91 Å². The highest BCUT2D eigenvalue weighted by molar-refractivity contribution is 5.85. The van der Waals surface area contributed by atoms with E-state index in [1.165, 1.54) is 5.56 Å². The predicted octanol–water partition coefficient (Wildman–Crippen LogP) is 3.24. The van der Waals surface area contributed by atoms with Crippen LogP contribution < -0.4 is 10.6 Å². The molecule has 2 atom stereocenters. The summed E-state index contributed by atoms with van der Waals surface area (Å²) in [5, 5.41) is 4.26. The lowest BCUT2D eigenvalue weighted by Crippen LogP contribution is -2.41. The zero-order valence-corrected chi connectivity index (χ0v) is 14.7. The van der Waals surface area contributed by atoms with Crippen molar-refractivity contribution in [3.63, 3.8) is 0 Å². The zero-order chi connectivity index (χ0) is 18.1. The Morgan fingerprint density at radius 3 is 2.62 bits per heavy atom. The number of fused-ring (bicyclic) bond motifs is 1. The van der Waals surface area contributed by atoms with Crippen molar-refractivity contribution in [2.45, 2.75) is 31.8 Å². The molecule has 0 aliphatic carbocycles. The minimum Gasteiger partial charge on any atom is -0.369 e. The van der Waals surface area contributed by atoms with Crippen LogP contribution in [0.5, 0.6) is 0 Å². The molecule has 5 heteroatoms. The Kier molecular flexibility index (Phi) is 4.21. The molecule has 2 heterocycles. The van der Waals surface area contributed by atoms with Crippen molar-refractivity contribution < 1.29 is 4.79 Å². The summed E-state index contributed by atoms with van der Waals surface area (Å²) in [7, 11) is 0. The van der Waals surface area contributed by atoms with Crippen molar-refractivity contribution in [1.29, 1.82) is 0 Å². The molecule has 3 aromatic rings. The fourth-order valence-corrected chi connectivity index (χ4v) is 3.76. The van der Waals surface area contributed by atoms with E-state index in [-0.39, 0.29) is 17.9 Å². The lowest BCUT2D eigenvalue weighted by molar-refractivity contribution is -0.119. The van der Waals surface area contributed by atoms with Crippen LogP contribution in [-0.4, -0.2) is 21.7 Å². The van der Waals surface area contributed by atoms with Crippen LogP contribution in [0.15, 0.2) is 67.0 Å². The Morgan fingerprint density at radius 2 is 1.92 bits per heavy atom. The van der Waals surface area contributed by atoms with Gasteiger partial charge in [0.1, 0.15) is 0 Å². The molecule has 1 aliphatic heterocycles. The second-order valence-corrected chi connectivity index (χ2v) is 6.84. The lowest BCUT2D eigenvalue weighted by Gasteiger charge is -2.40. The Bertz CT molecular complexity index is 902. The van der Waals surface area contributed by atoms with E-state index >= 15 is 0 Å². The van der Waals surface area contributed by atoms with E-state index in [1.807, 2.05) is 35.1 Å². The summed E-state index contributed by atoms with van der Waals surface area (Å²) in [6.45, 7) is 2.95. The van der Waals surface area contributed by atoms with Crippen LogP contribution in [-0.2, 0) is 11.3 Å². The summed E-state index contributed by atoms with van der Waals surface area (Å²) in [6, 6.07) is 18.7. The number of benzene rings is 2. The molecule has 0 unspecified atom stereocenters. The van der Waals surface area contributed by atoms with Gasteiger partial charge in [-0.05, 0) is 48.7 Å². The van der Waals surface area contributed by atoms with Gasteiger partial charge in [-0.3, -0.25) is 4.79 Å². The van der Waals surface area contributed by atoms with Gasteiger partial charge in [0.05, 0.1) is 11.6 Å². The SMILES string of the molecule is C[C@H]1C[C@H](C(N)=O)c2ccccc2N1Cc1ccc(-n2cccn2)cc1. The molecule has 0 radical (unpaired) electrons. The molecule has 0 saturated heterocycles. The molecule has 5 nitrogen and oxygen atoms in total. The minimum atomic E-state index is -0.243. The average Bonchev–Trinajstić information content (AvgIpc) is 3.19. The first kappa shape index (κ1) is 16.4. The zero-order valence-electron chi connectivity index (χ0n) is 14.7. The number of aromatic nitrogens is 2. The third kappa shape index (κ3) is 2.96. The first-order valence-corrected chi connectivity index (χ1v) is 8.87. The highest BCUT2D eigenvalue weighted by Gasteiger charge is 2.32. The maximum atomic E-state index is 11.9. The molecule has 26 heavy (non-hydrogen) atoms. The Morgan fingerprint density at radius 1 is 1.15 bits per heavy atom. The second kappa shape index (κ2) is 6.67. The van der Waals surface area contributed by atoms with Gasteiger partial charge in [-0.1, -0.05) is 30.3 Å². The highest BCUT2D eigenvalue weighted by atomic mass is 16.1. The van der Waals surface area contributed by atoms with Gasteiger partial charge in [-0.25, -0.2) is 4.68 Å². The normalized spacial score (nSPS) is 19.2. The molecule has 4 rings (SSSR count). The number of nitrogens with two attached hydrogens (primary N) is 1. The number of anilines is 1. The summed E-state index contributed by atoms with van der Waals surface area (Å²) < 4.78 is 1.85. The van der Waals surface area contributed by atoms with Crippen LogP contribution >= 0.6 is 0 Å². The fourth-order valence-electron chi connectivity index (χ4n) is 3.76. The van der Waals surface area contributed by atoms with Crippen molar-refractivity contribution in [3.8, 4) is 5.69 Å². The van der Waals surface area contributed by atoms with Crippen molar-refractivity contribution >= 4 is 11.6 Å². The van der Waals surface area contributed by atoms with Crippen LogP contribution in [0.3, 0.4) is 0 Å². The van der Waals surface area contributed by atoms with E-state index in [2.05, 4.69) is 47.3 Å². The molecule has 0 spiro atoms. The Labute approximate surface area is 153 Å². The third-order valence-corrected chi connectivity index (χ3v) is 5.13. The van der Waals surface area contributed by atoms with Crippen LogP contribution in [0.25, 0.3) is 5.69 Å². The maximum Gasteiger partial charge on any atom is 0.225 e. The molecule has 132 valence electrons. The summed E-state index contributed by atoms with van der Waals surface area (Å²) in [4.78, 5) is 14.2. The standard InChI is InChI=1S/C21H22N4O/c1-15-13-19(21(22)26)18-5-2-3-6-20(18)24(15)14-16-7-9-17(10-8-16)25-12-4-11-23-25/h2-12,15,19H,13-14H2,1H3,(H2,22,26)/t15-,19-/m0/s1. The third-order valence-electron chi connectivity index (χ3n) is 5.13. The van der Waals surface area contributed by atoms with E-state index in [9.17, 15) is 4.79 Å². The van der Waals surface area contributed by atoms with Gasteiger partial charge < -0.3 is 10.6 Å². The number of amides is 1. The number of hydrogen-bond acceptors (Lipinski definition) is 3. The average molecular weight is 346 g/mol. The maximum absolute atomic E-state index is 11.9. The molecule has 0 fully saturated rings. The molecule has 2 N–H and O–H groups in total. The van der Waals surface area contributed by atoms with Crippen LogP contribution in [0.2, 0.25) is 0 Å². The number of para-hydroxylation sites is 1. The molecular formula is C21H22N4O. The van der Waals surface area contributed by atoms with Crippen LogP contribution in [0, 0.1) is 0 Å². The van der Waals surface area contributed by atoms with Gasteiger partial charge in [0.25, 0.3) is 0 Å². The van der Waals surface area contributed by atoms with E-state index in [4.69, 9.17) is 5.73 Å². The summed E-state index contributed by atoms with van der Waals surface area (Å²) >= 11 is 0. The van der Waals surface area contributed by atoms with Crippen molar-refractivity contribution in [3.05, 3.63) is 78.1 Å². The lowest BCUT2D eigenvalue weighted by atomic mass is 9.85. The molecule has 1 aromatic heterocycles. The number of hydrogen-bond donors (Lipinski definition) is 1. The quantitative estimate of drug-likeness (QED) is 0.789. The summed E-state index contributed by atoms with van der Waals surface area (Å²) in [5.41, 5.74) is 10.0. The van der Waals surface area contributed by atoms with Gasteiger partial charge in [0.15, 0.2) is 0 Å². The second-order valence-electron chi connectivity index (χ2n) is 6.84. The molecule has 0 bridgehead atoms. The summed E-state index contributed by atoms with van der Waals surface area (Å²) in [6.07, 6.45) is 4.45. The number of nitrogens with zero attached hydrogens (tertiary/aromatic N) is 3. The first-order chi connectivity index (χ1) is 12.6. The highest BCUT2D eigenvalue weighted by Crippen LogP contribution is 2.38. The summed E-state index contributed by atoms with van der Waals surface area (Å²) in [5.74, 6) is -0.452. The van der Waals surface area contributed by atoms with E-state index in [0.29, 0.717) is 0 Å². The Hall–Kier alpha value is -3.08. The molecule has 2 aromatic carbocycles. The van der Waals surface area contributed by atoms with E-state index in [0.717, 1.165) is 29.9 Å². The van der Waals surface area contributed by atoms with Gasteiger partial charge >= 0.3 is 0 Å². The first-order valence-electron chi connectivity index (χ1n) is 8.87. The molecule has 0 saturated carbocycles. The fraction of sp³-hybridized carbons (Fsp3) is 0.238. The number of primary amides is 1. The molecule has 1 amide bonds. The van der Waals surface area contributed by atoms with Crippen molar-refractivity contribution in [2.24, 2.45) is 5.73 Å². The van der Waals surface area contributed by atoms with E-state index < -0.39 is 0 Å². The molecular weight excluding hydrogens is 324 g/mol. The van der Waals surface area contributed by atoms with Gasteiger partial charge in [0, 0.05) is 30.7 Å². The topological polar surface area (TPSA) is 64.2 Å². The monoisotopic (exact) mass is 346 g/mol. The molecule has 1 aliphatic rings. The number of rotatable bonds is 4. The van der Waals surface area contributed by atoms with Crippen LogP contribution in [0.1, 0.15) is 30.4 Å². The van der Waals surface area contributed by atoms with Gasteiger partial charge in [-0.15, -0.1) is 0 Å². The largest absolute Gasteiger partial charge is 0.369 e. The van der Waals surface area contributed by atoms with Gasteiger partial charge in [-0.2, -0.15) is 5.10 Å². The number of carbonyl (C=O) groups excluding carboxylic acids is 1. The Balaban J connectivity index is 1.61. The smallest absolute Gasteiger partial charge is 0.225 e. The van der Waals surface area contributed by atoms with Crippen molar-refractivity contribution in [2.75, 3.05) is 4.90 Å². The predicted molar refractivity (Wildman–Crippen MR) is 102 cm³/mol.